The van der Waals surface area contributed by atoms with Crippen LogP contribution >= 0.6 is 0 Å². The number of nitrogens with zero attached hydrogens (tertiary/aromatic N) is 1. The predicted octanol–water partition coefficient (Wildman–Crippen LogP) is 1.11. The van der Waals surface area contributed by atoms with Crippen LogP contribution in [-0.2, 0) is 9.53 Å². The molecule has 1 aliphatic rings. The number of esters is 1. The van der Waals surface area contributed by atoms with Crippen molar-refractivity contribution >= 4 is 5.97 Å². The van der Waals surface area contributed by atoms with Gasteiger partial charge < -0.3 is 14.7 Å². The monoisotopic (exact) mass is 213 g/mol. The fraction of sp³-hybridized carbons (Fsp3) is 0.727. The first-order valence-electron chi connectivity index (χ1n) is 5.13. The summed E-state index contributed by atoms with van der Waals surface area (Å²) in [6.07, 6.45) is -0.670. The minimum Gasteiger partial charge on any atom is -0.463 e. The van der Waals surface area contributed by atoms with Crippen molar-refractivity contribution in [1.82, 2.24) is 4.90 Å². The van der Waals surface area contributed by atoms with Crippen molar-refractivity contribution in [2.75, 3.05) is 13.7 Å². The summed E-state index contributed by atoms with van der Waals surface area (Å²) in [5.74, 6) is -0.330. The third-order valence-corrected chi connectivity index (χ3v) is 3.03. The Morgan fingerprint density at radius 2 is 2.13 bits per heavy atom. The van der Waals surface area contributed by atoms with Crippen molar-refractivity contribution in [3.8, 4) is 0 Å². The number of rotatable bonds is 2. The minimum atomic E-state index is -0.670. The summed E-state index contributed by atoms with van der Waals surface area (Å²) in [5.41, 5.74) is 0.774. The van der Waals surface area contributed by atoms with Gasteiger partial charge in [-0.25, -0.2) is 4.79 Å². The van der Waals surface area contributed by atoms with Gasteiger partial charge in [-0.3, -0.25) is 0 Å². The topological polar surface area (TPSA) is 49.8 Å². The van der Waals surface area contributed by atoms with E-state index in [9.17, 15) is 9.90 Å². The van der Waals surface area contributed by atoms with Crippen molar-refractivity contribution in [2.24, 2.45) is 5.41 Å². The highest BCUT2D eigenvalue weighted by molar-refractivity contribution is 5.91. The minimum absolute atomic E-state index is 0.330. The van der Waals surface area contributed by atoms with E-state index in [2.05, 4.69) is 0 Å². The maximum atomic E-state index is 11.7. The number of carbonyl (C=O) groups is 1. The molecule has 0 saturated heterocycles. The number of hydrogen-bond acceptors (Lipinski definition) is 4. The molecule has 15 heavy (non-hydrogen) atoms. The normalized spacial score (nSPS) is 24.7. The van der Waals surface area contributed by atoms with Crippen LogP contribution in [0, 0.1) is 5.41 Å². The Balaban J connectivity index is 3.09. The van der Waals surface area contributed by atoms with Gasteiger partial charge in [0, 0.05) is 18.2 Å². The Bertz CT molecular complexity index is 307. The Morgan fingerprint density at radius 3 is 2.47 bits per heavy atom. The predicted molar refractivity (Wildman–Crippen MR) is 56.9 cm³/mol. The van der Waals surface area contributed by atoms with E-state index in [-0.39, 0.29) is 5.97 Å². The number of allylic oxidation sites excluding steroid dienone is 1. The van der Waals surface area contributed by atoms with Gasteiger partial charge in [0.25, 0.3) is 0 Å². The van der Waals surface area contributed by atoms with Gasteiger partial charge in [0.05, 0.1) is 12.2 Å². The van der Waals surface area contributed by atoms with Crippen LogP contribution in [0.2, 0.25) is 0 Å². The molecule has 0 aromatic heterocycles. The molecule has 1 unspecified atom stereocenters. The molecule has 1 heterocycles. The first-order valence-corrected chi connectivity index (χ1v) is 5.13. The molecule has 1 atom stereocenters. The summed E-state index contributed by atoms with van der Waals surface area (Å²) >= 11 is 0. The van der Waals surface area contributed by atoms with Crippen molar-refractivity contribution in [3.63, 3.8) is 0 Å². The van der Waals surface area contributed by atoms with Crippen molar-refractivity contribution in [2.45, 2.75) is 33.9 Å². The molecule has 0 aliphatic carbocycles. The second-order valence-electron chi connectivity index (χ2n) is 4.39. The third-order valence-electron chi connectivity index (χ3n) is 3.03. The van der Waals surface area contributed by atoms with E-state index in [1.807, 2.05) is 20.8 Å². The second kappa shape index (κ2) is 3.85. The van der Waals surface area contributed by atoms with Gasteiger partial charge in [-0.2, -0.15) is 0 Å². The van der Waals surface area contributed by atoms with Gasteiger partial charge in [-0.1, -0.05) is 13.8 Å². The lowest BCUT2D eigenvalue weighted by Crippen LogP contribution is -2.37. The molecule has 86 valence electrons. The zero-order valence-electron chi connectivity index (χ0n) is 10.00. The average Bonchev–Trinajstić information content (AvgIpc) is 2.28. The Labute approximate surface area is 90.5 Å². The summed E-state index contributed by atoms with van der Waals surface area (Å²) in [4.78, 5) is 13.4. The molecule has 0 spiro atoms. The first kappa shape index (κ1) is 12.0. The molecule has 1 N–H and O–H groups in total. The number of aliphatic hydroxyl groups is 1. The highest BCUT2D eigenvalue weighted by Crippen LogP contribution is 2.42. The van der Waals surface area contributed by atoms with E-state index in [0.29, 0.717) is 12.2 Å². The van der Waals surface area contributed by atoms with Crippen LogP contribution in [0.3, 0.4) is 0 Å². The maximum Gasteiger partial charge on any atom is 0.336 e. The SMILES string of the molecule is CCOC(=O)C1=C(C)N(C)C(O)C1(C)C. The van der Waals surface area contributed by atoms with E-state index in [4.69, 9.17) is 4.74 Å². The molecule has 4 nitrogen and oxygen atoms in total. The van der Waals surface area contributed by atoms with Gasteiger partial charge >= 0.3 is 5.97 Å². The van der Waals surface area contributed by atoms with E-state index >= 15 is 0 Å². The Kier molecular flexibility index (Phi) is 3.09. The fourth-order valence-electron chi connectivity index (χ4n) is 2.05. The standard InChI is InChI=1S/C11H19NO3/c1-6-15-9(13)8-7(2)12(5)10(14)11(8,3)4/h10,14H,6H2,1-5H3. The van der Waals surface area contributed by atoms with Gasteiger partial charge in [-0.05, 0) is 13.8 Å². The fourth-order valence-corrected chi connectivity index (χ4v) is 2.05. The highest BCUT2D eigenvalue weighted by Gasteiger charge is 2.46. The van der Waals surface area contributed by atoms with Crippen molar-refractivity contribution < 1.29 is 14.6 Å². The summed E-state index contributed by atoms with van der Waals surface area (Å²) in [7, 11) is 1.77. The molecule has 0 aromatic rings. The van der Waals surface area contributed by atoms with Gasteiger partial charge in [-0.15, -0.1) is 0 Å². The van der Waals surface area contributed by atoms with E-state index in [1.165, 1.54) is 0 Å². The van der Waals surface area contributed by atoms with Gasteiger partial charge in [0.1, 0.15) is 6.23 Å². The third kappa shape index (κ3) is 1.74. The first-order chi connectivity index (χ1) is 6.84. The molecule has 0 fully saturated rings. The molecule has 0 radical (unpaired) electrons. The number of hydrogen-bond donors (Lipinski definition) is 1. The quantitative estimate of drug-likeness (QED) is 0.698. The van der Waals surface area contributed by atoms with E-state index in [1.54, 1.807) is 18.9 Å². The summed E-state index contributed by atoms with van der Waals surface area (Å²) in [6.45, 7) is 7.64. The summed E-state index contributed by atoms with van der Waals surface area (Å²) < 4.78 is 4.99. The number of aliphatic hydroxyl groups excluding tert-OH is 1. The van der Waals surface area contributed by atoms with Crippen molar-refractivity contribution in [3.05, 3.63) is 11.3 Å². The second-order valence-corrected chi connectivity index (χ2v) is 4.39. The molecular formula is C11H19NO3. The zero-order chi connectivity index (χ0) is 11.8. The van der Waals surface area contributed by atoms with Gasteiger partial charge in [0.2, 0.25) is 0 Å². The van der Waals surface area contributed by atoms with Crippen LogP contribution in [0.25, 0.3) is 0 Å². The molecule has 1 aliphatic heterocycles. The van der Waals surface area contributed by atoms with E-state index in [0.717, 1.165) is 5.70 Å². The molecule has 0 aromatic carbocycles. The molecule has 0 amide bonds. The van der Waals surface area contributed by atoms with Crippen LogP contribution in [0.15, 0.2) is 11.3 Å². The van der Waals surface area contributed by atoms with Crippen LogP contribution in [0.1, 0.15) is 27.7 Å². The van der Waals surface area contributed by atoms with Gasteiger partial charge in [0.15, 0.2) is 0 Å². The summed E-state index contributed by atoms with van der Waals surface area (Å²) in [6, 6.07) is 0. The average molecular weight is 213 g/mol. The lowest BCUT2D eigenvalue weighted by Gasteiger charge is -2.28. The molecule has 0 bridgehead atoms. The highest BCUT2D eigenvalue weighted by atomic mass is 16.5. The molecule has 4 heteroatoms. The lowest BCUT2D eigenvalue weighted by molar-refractivity contribution is -0.140. The Morgan fingerprint density at radius 1 is 1.60 bits per heavy atom. The van der Waals surface area contributed by atoms with Crippen LogP contribution in [0.4, 0.5) is 0 Å². The lowest BCUT2D eigenvalue weighted by atomic mass is 9.84. The van der Waals surface area contributed by atoms with Crippen LogP contribution in [0.5, 0.6) is 0 Å². The van der Waals surface area contributed by atoms with Crippen molar-refractivity contribution in [1.29, 1.82) is 0 Å². The largest absolute Gasteiger partial charge is 0.463 e. The smallest absolute Gasteiger partial charge is 0.336 e. The number of ether oxygens (including phenoxy) is 1. The zero-order valence-corrected chi connectivity index (χ0v) is 10.00. The molecule has 0 saturated carbocycles. The number of carbonyl (C=O) groups excluding carboxylic acids is 1. The molecular weight excluding hydrogens is 194 g/mol. The van der Waals surface area contributed by atoms with Crippen LogP contribution in [-0.4, -0.2) is 35.9 Å². The Hall–Kier alpha value is -1.03. The maximum absolute atomic E-state index is 11.7. The van der Waals surface area contributed by atoms with Crippen LogP contribution < -0.4 is 0 Å². The molecule has 1 rings (SSSR count). The van der Waals surface area contributed by atoms with E-state index < -0.39 is 11.6 Å². The summed E-state index contributed by atoms with van der Waals surface area (Å²) in [5, 5.41) is 9.96.